The fourth-order valence-corrected chi connectivity index (χ4v) is 4.65. The van der Waals surface area contributed by atoms with Gasteiger partial charge in [0.15, 0.2) is 5.78 Å². The summed E-state index contributed by atoms with van der Waals surface area (Å²) in [6.07, 6.45) is 0.895. The van der Waals surface area contributed by atoms with Gasteiger partial charge in [-0.25, -0.2) is 4.79 Å². The van der Waals surface area contributed by atoms with Crippen LogP contribution in [0.3, 0.4) is 0 Å². The summed E-state index contributed by atoms with van der Waals surface area (Å²) in [6.45, 7) is 1.77. The van der Waals surface area contributed by atoms with Crippen LogP contribution in [0.5, 0.6) is 5.75 Å². The Morgan fingerprint density at radius 1 is 1.03 bits per heavy atom. The lowest BCUT2D eigenvalue weighted by molar-refractivity contribution is -0.384. The van der Waals surface area contributed by atoms with E-state index in [4.69, 9.17) is 9.47 Å². The molecular formula is C25H24N2O6. The minimum Gasteiger partial charge on any atom is -0.497 e. The molecule has 2 aliphatic rings. The van der Waals surface area contributed by atoms with Crippen LogP contribution in [-0.2, 0) is 14.3 Å². The molecule has 0 spiro atoms. The molecule has 0 radical (unpaired) electrons. The highest BCUT2D eigenvalue weighted by Gasteiger charge is 2.41. The molecule has 170 valence electrons. The Balaban J connectivity index is 1.77. The van der Waals surface area contributed by atoms with Crippen LogP contribution >= 0.6 is 0 Å². The van der Waals surface area contributed by atoms with E-state index < -0.39 is 16.8 Å². The Kier molecular flexibility index (Phi) is 6.00. The first-order valence-corrected chi connectivity index (χ1v) is 10.5. The average molecular weight is 448 g/mol. The molecular weight excluding hydrogens is 424 g/mol. The predicted molar refractivity (Wildman–Crippen MR) is 121 cm³/mol. The van der Waals surface area contributed by atoms with Crippen LogP contribution in [0.15, 0.2) is 71.1 Å². The average Bonchev–Trinajstić information content (AvgIpc) is 2.82. The fraction of sp³-hybridized carbons (Fsp3) is 0.280. The molecule has 0 bridgehead atoms. The number of dihydropyridines is 1. The van der Waals surface area contributed by atoms with Crippen molar-refractivity contribution in [1.29, 1.82) is 0 Å². The molecule has 8 heteroatoms. The number of hydrogen-bond acceptors (Lipinski definition) is 7. The summed E-state index contributed by atoms with van der Waals surface area (Å²) >= 11 is 0. The van der Waals surface area contributed by atoms with Crippen LogP contribution in [0.2, 0.25) is 0 Å². The number of nitrogens with zero attached hydrogens (tertiary/aromatic N) is 1. The normalized spacial score (nSPS) is 20.2. The first-order chi connectivity index (χ1) is 15.8. The number of carbonyl (C=O) groups is 2. The summed E-state index contributed by atoms with van der Waals surface area (Å²) in [4.78, 5) is 36.8. The van der Waals surface area contributed by atoms with Crippen molar-refractivity contribution in [3.63, 3.8) is 0 Å². The molecule has 2 atom stereocenters. The minimum absolute atomic E-state index is 0.0142. The molecule has 33 heavy (non-hydrogen) atoms. The molecule has 1 N–H and O–H groups in total. The molecule has 0 aromatic heterocycles. The van der Waals surface area contributed by atoms with Gasteiger partial charge in [0.2, 0.25) is 0 Å². The van der Waals surface area contributed by atoms with Crippen LogP contribution in [0.25, 0.3) is 0 Å². The van der Waals surface area contributed by atoms with Crippen LogP contribution < -0.4 is 10.1 Å². The van der Waals surface area contributed by atoms with Crippen molar-refractivity contribution in [1.82, 2.24) is 5.32 Å². The van der Waals surface area contributed by atoms with Gasteiger partial charge in [0.25, 0.3) is 5.69 Å². The number of hydrogen-bond donors (Lipinski definition) is 1. The number of Topliss-reactive ketones (excluding diaryl/α,β-unsaturated/α-hetero) is 1. The number of benzene rings is 2. The molecule has 0 saturated heterocycles. The smallest absolute Gasteiger partial charge is 0.336 e. The molecule has 0 fully saturated rings. The minimum atomic E-state index is -0.654. The number of methoxy groups -OCH3 is 2. The van der Waals surface area contributed by atoms with Crippen molar-refractivity contribution in [2.45, 2.75) is 31.6 Å². The van der Waals surface area contributed by atoms with E-state index in [0.717, 1.165) is 17.0 Å². The Morgan fingerprint density at radius 2 is 1.67 bits per heavy atom. The number of ether oxygens (including phenoxy) is 2. The number of carbonyl (C=O) groups excluding carboxylic acids is 2. The Labute approximate surface area is 191 Å². The van der Waals surface area contributed by atoms with E-state index in [1.54, 1.807) is 26.2 Å². The van der Waals surface area contributed by atoms with Gasteiger partial charge in [-0.15, -0.1) is 0 Å². The Morgan fingerprint density at radius 3 is 2.24 bits per heavy atom. The highest BCUT2D eigenvalue weighted by Crippen LogP contribution is 2.46. The van der Waals surface area contributed by atoms with Crippen molar-refractivity contribution >= 4 is 17.4 Å². The SMILES string of the molecule is COC(=O)C1=C(C)NC2=C(C(=O)C[C@H](c3ccc(OC)cc3)C2)[C@@H]1c1ccc([N+](=O)[O-])cc1. The highest BCUT2D eigenvalue weighted by atomic mass is 16.6. The standard InChI is InChI=1S/C25H24N2O6/c1-14-22(25(29)33-3)23(16-4-8-18(9-5-16)27(30)31)24-20(26-14)12-17(13-21(24)28)15-6-10-19(32-2)11-7-15/h4-11,17,23,26H,12-13H2,1-3H3/t17-,23-/m1/s1. The maximum atomic E-state index is 13.5. The lowest BCUT2D eigenvalue weighted by atomic mass is 9.71. The second-order valence-corrected chi connectivity index (χ2v) is 8.13. The molecule has 2 aromatic carbocycles. The van der Waals surface area contributed by atoms with Gasteiger partial charge in [-0.3, -0.25) is 14.9 Å². The van der Waals surface area contributed by atoms with Gasteiger partial charge >= 0.3 is 5.97 Å². The van der Waals surface area contributed by atoms with Gasteiger partial charge in [-0.1, -0.05) is 24.3 Å². The van der Waals surface area contributed by atoms with Gasteiger partial charge in [-0.05, 0) is 42.5 Å². The van der Waals surface area contributed by atoms with E-state index in [2.05, 4.69) is 5.32 Å². The molecule has 2 aromatic rings. The number of nitro benzene ring substituents is 1. The van der Waals surface area contributed by atoms with Crippen LogP contribution in [0.1, 0.15) is 42.7 Å². The van der Waals surface area contributed by atoms with Crippen LogP contribution in [0.4, 0.5) is 5.69 Å². The van der Waals surface area contributed by atoms with Crippen molar-refractivity contribution < 1.29 is 24.0 Å². The van der Waals surface area contributed by atoms with E-state index in [-0.39, 0.29) is 17.4 Å². The first kappa shape index (κ1) is 22.3. The molecule has 0 amide bonds. The van der Waals surface area contributed by atoms with Crippen molar-refractivity contribution in [2.24, 2.45) is 0 Å². The zero-order valence-electron chi connectivity index (χ0n) is 18.6. The number of nitrogens with one attached hydrogen (secondary N) is 1. The van der Waals surface area contributed by atoms with Crippen molar-refractivity contribution in [2.75, 3.05) is 14.2 Å². The molecule has 8 nitrogen and oxygen atoms in total. The maximum absolute atomic E-state index is 13.5. The van der Waals surface area contributed by atoms with Gasteiger partial charge in [-0.2, -0.15) is 0 Å². The third-order valence-electron chi connectivity index (χ3n) is 6.26. The van der Waals surface area contributed by atoms with Crippen LogP contribution in [0, 0.1) is 10.1 Å². The van der Waals surface area contributed by atoms with E-state index in [9.17, 15) is 19.7 Å². The number of nitro groups is 1. The zero-order chi connectivity index (χ0) is 23.7. The molecule has 4 rings (SSSR count). The van der Waals surface area contributed by atoms with E-state index in [1.165, 1.54) is 19.2 Å². The summed E-state index contributed by atoms with van der Waals surface area (Å²) in [5, 5.41) is 14.4. The molecule has 1 heterocycles. The second kappa shape index (κ2) is 8.90. The number of esters is 1. The Hall–Kier alpha value is -3.94. The number of allylic oxidation sites excluding steroid dienone is 3. The van der Waals surface area contributed by atoms with E-state index in [1.807, 2.05) is 24.3 Å². The topological polar surface area (TPSA) is 108 Å². The van der Waals surface area contributed by atoms with E-state index >= 15 is 0 Å². The largest absolute Gasteiger partial charge is 0.497 e. The van der Waals surface area contributed by atoms with Gasteiger partial charge in [0, 0.05) is 41.4 Å². The van der Waals surface area contributed by atoms with E-state index in [0.29, 0.717) is 35.2 Å². The lowest BCUT2D eigenvalue weighted by Gasteiger charge is -2.36. The van der Waals surface area contributed by atoms with Gasteiger partial charge < -0.3 is 14.8 Å². The molecule has 1 aliphatic heterocycles. The summed E-state index contributed by atoms with van der Waals surface area (Å²) in [6, 6.07) is 13.6. The summed E-state index contributed by atoms with van der Waals surface area (Å²) in [5.74, 6) is -0.531. The maximum Gasteiger partial charge on any atom is 0.336 e. The van der Waals surface area contributed by atoms with Crippen molar-refractivity contribution in [3.8, 4) is 5.75 Å². The quantitative estimate of drug-likeness (QED) is 0.416. The van der Waals surface area contributed by atoms with Crippen LogP contribution in [-0.4, -0.2) is 30.9 Å². The third kappa shape index (κ3) is 4.11. The fourth-order valence-electron chi connectivity index (χ4n) is 4.65. The molecule has 0 unspecified atom stereocenters. The lowest BCUT2D eigenvalue weighted by Crippen LogP contribution is -2.36. The number of rotatable bonds is 5. The monoisotopic (exact) mass is 448 g/mol. The first-order valence-electron chi connectivity index (χ1n) is 10.5. The molecule has 0 saturated carbocycles. The zero-order valence-corrected chi connectivity index (χ0v) is 18.6. The van der Waals surface area contributed by atoms with Crippen molar-refractivity contribution in [3.05, 3.63) is 92.3 Å². The summed E-state index contributed by atoms with van der Waals surface area (Å²) in [7, 11) is 2.90. The third-order valence-corrected chi connectivity index (χ3v) is 6.26. The van der Waals surface area contributed by atoms with Gasteiger partial charge in [0.05, 0.1) is 24.7 Å². The predicted octanol–water partition coefficient (Wildman–Crippen LogP) is 4.14. The summed E-state index contributed by atoms with van der Waals surface area (Å²) < 4.78 is 10.2. The number of non-ortho nitro benzene ring substituents is 1. The highest BCUT2D eigenvalue weighted by molar-refractivity contribution is 6.04. The molecule has 1 aliphatic carbocycles. The number of ketones is 1. The Bertz CT molecular complexity index is 1180. The summed E-state index contributed by atoms with van der Waals surface area (Å²) in [5.41, 5.74) is 3.82. The second-order valence-electron chi connectivity index (χ2n) is 8.13. The van der Waals surface area contributed by atoms with Gasteiger partial charge in [0.1, 0.15) is 5.75 Å².